The van der Waals surface area contributed by atoms with Crippen LogP contribution in [0.3, 0.4) is 0 Å². The number of rotatable bonds is 1. The Balaban J connectivity index is 2.80. The van der Waals surface area contributed by atoms with Crippen molar-refractivity contribution in [2.24, 2.45) is 0 Å². The summed E-state index contributed by atoms with van der Waals surface area (Å²) in [6, 6.07) is 4.04. The lowest BCUT2D eigenvalue weighted by molar-refractivity contribution is 0.312. The Morgan fingerprint density at radius 2 is 2.21 bits per heavy atom. The largest absolute Gasteiger partial charge is 0.354 e. The van der Waals surface area contributed by atoms with Gasteiger partial charge in [0.2, 0.25) is 0 Å². The average molecular weight is 267 g/mol. The Morgan fingerprint density at radius 1 is 1.43 bits per heavy atom. The highest BCUT2D eigenvalue weighted by Crippen LogP contribution is 2.16. The maximum atomic E-state index is 8.10. The van der Waals surface area contributed by atoms with Gasteiger partial charge in [-0.2, -0.15) is 0 Å². The fourth-order valence-electron chi connectivity index (χ4n) is 0.893. The Labute approximate surface area is 108 Å². The average Bonchev–Trinajstić information content (AvgIpc) is 2.33. The molecule has 4 heteroatoms. The molecule has 0 saturated carbocycles. The maximum absolute atomic E-state index is 8.10. The van der Waals surface area contributed by atoms with Crippen LogP contribution in [0.25, 0.3) is 0 Å². The van der Waals surface area contributed by atoms with Gasteiger partial charge in [0.25, 0.3) is 0 Å². The summed E-state index contributed by atoms with van der Waals surface area (Å²) in [5.74, 6) is -0.387. The molecule has 1 aromatic rings. The predicted octanol–water partition coefficient (Wildman–Crippen LogP) is 1.60. The fraction of sp³-hybridized carbons (Fsp3) is 0.500. The van der Waals surface area contributed by atoms with Gasteiger partial charge in [0.05, 0.1) is 5.48 Å². The molecule has 0 radical (unpaired) electrons. The molecule has 14 heavy (non-hydrogen) atoms. The molecule has 1 saturated heterocycles. The van der Waals surface area contributed by atoms with E-state index in [0.29, 0.717) is 0 Å². The van der Waals surface area contributed by atoms with Crippen LogP contribution in [0.15, 0.2) is 22.8 Å². The van der Waals surface area contributed by atoms with Crippen LogP contribution in [0.1, 0.15) is 15.1 Å². The first kappa shape index (κ1) is 3.19. The van der Waals surface area contributed by atoms with E-state index in [1.54, 1.807) is 0 Å². The molecule has 2 rings (SSSR count). The molecule has 1 aliphatic rings. The van der Waals surface area contributed by atoms with Crippen LogP contribution in [0, 0.1) is 0 Å². The molecule has 0 aliphatic carbocycles. The predicted molar refractivity (Wildman–Crippen MR) is 61.6 cm³/mol. The molecule has 76 valence electrons. The molecular weight excluding hydrogens is 242 g/mol. The van der Waals surface area contributed by atoms with E-state index in [-0.39, 0.29) is 20.2 Å². The summed E-state index contributed by atoms with van der Waals surface area (Å²) in [6.07, 6.45) is 0. The summed E-state index contributed by atoms with van der Waals surface area (Å²) in [5, 5.41) is 0. The number of nitrogens with zero attached hydrogens (tertiary/aromatic N) is 3. The van der Waals surface area contributed by atoms with Crippen molar-refractivity contribution < 1.29 is 15.1 Å². The Morgan fingerprint density at radius 3 is 2.86 bits per heavy atom. The second kappa shape index (κ2) is 4.28. The highest BCUT2D eigenvalue weighted by molar-refractivity contribution is 9.10. The zero-order valence-electron chi connectivity index (χ0n) is 18.0. The Kier molecular flexibility index (Phi) is 0.974. The molecule has 0 atom stereocenters. The quantitative estimate of drug-likeness (QED) is 0.720. The van der Waals surface area contributed by atoms with Crippen LogP contribution in [-0.4, -0.2) is 42.8 Å². The van der Waals surface area contributed by atoms with Crippen LogP contribution in [-0.2, 0) is 0 Å². The van der Waals surface area contributed by atoms with Crippen molar-refractivity contribution in [3.63, 3.8) is 0 Å². The van der Waals surface area contributed by atoms with Crippen molar-refractivity contribution in [1.29, 1.82) is 0 Å². The number of anilines is 1. The first-order chi connectivity index (χ1) is 11.0. The summed E-state index contributed by atoms with van der Waals surface area (Å²) in [7, 11) is 0. The summed E-state index contributed by atoms with van der Waals surface area (Å²) in [4.78, 5) is 3.70. The third kappa shape index (κ3) is 2.25. The maximum Gasteiger partial charge on any atom is 0.129 e. The minimum absolute atomic E-state index is 0.191. The van der Waals surface area contributed by atoms with Crippen molar-refractivity contribution >= 4 is 21.7 Å². The van der Waals surface area contributed by atoms with E-state index in [0.717, 1.165) is 0 Å². The summed E-state index contributed by atoms with van der Waals surface area (Å²) < 4.78 is 86.7. The van der Waals surface area contributed by atoms with Gasteiger partial charge in [-0.05, 0) is 35.0 Å². The van der Waals surface area contributed by atoms with Crippen LogP contribution < -0.4 is 4.90 Å². The van der Waals surface area contributed by atoms with Crippen LogP contribution >= 0.6 is 15.9 Å². The zero-order chi connectivity index (χ0) is 19.6. The van der Waals surface area contributed by atoms with E-state index in [4.69, 9.17) is 15.1 Å². The molecule has 3 nitrogen and oxygen atoms in total. The monoisotopic (exact) mass is 266 g/mol. The smallest absolute Gasteiger partial charge is 0.129 e. The van der Waals surface area contributed by atoms with Gasteiger partial charge in [0, 0.05) is 35.6 Å². The van der Waals surface area contributed by atoms with Gasteiger partial charge >= 0.3 is 0 Å². The van der Waals surface area contributed by atoms with Gasteiger partial charge in [-0.1, -0.05) is 6.07 Å². The molecule has 1 aromatic heterocycles. The summed E-state index contributed by atoms with van der Waals surface area (Å²) in [6.45, 7) is -16.8. The third-order valence-electron chi connectivity index (χ3n) is 1.48. The Hall–Kier alpha value is -0.610. The fourth-order valence-corrected chi connectivity index (χ4v) is 1.23. The topological polar surface area (TPSA) is 19.4 Å². The highest BCUT2D eigenvalue weighted by atomic mass is 79.9. The van der Waals surface area contributed by atoms with Crippen molar-refractivity contribution in [1.82, 2.24) is 9.88 Å². The summed E-state index contributed by atoms with van der Waals surface area (Å²) >= 11 is 3.03. The first-order valence-electron chi connectivity index (χ1n) is 9.22. The number of halogens is 1. The van der Waals surface area contributed by atoms with Crippen LogP contribution in [0.5, 0.6) is 0 Å². The van der Waals surface area contributed by atoms with Gasteiger partial charge in [-0.3, -0.25) is 0 Å². The second-order valence-electron chi connectivity index (χ2n) is 2.44. The lowest BCUT2D eigenvalue weighted by atomic mass is 10.3. The van der Waals surface area contributed by atoms with Crippen molar-refractivity contribution in [2.45, 2.75) is 0 Å². The number of likely N-dealkylation sites (N-methyl/N-ethyl adjacent to an activating group) is 1. The van der Waals surface area contributed by atoms with E-state index < -0.39 is 33.0 Å². The van der Waals surface area contributed by atoms with Gasteiger partial charge in [-0.15, -0.1) is 0 Å². The highest BCUT2D eigenvalue weighted by Gasteiger charge is 2.14. The van der Waals surface area contributed by atoms with E-state index in [9.17, 15) is 0 Å². The lowest BCUT2D eigenvalue weighted by Gasteiger charge is -2.33. The van der Waals surface area contributed by atoms with E-state index in [1.165, 1.54) is 18.2 Å². The standard InChI is InChI=1S/C10H14BrN3/c1-13-5-7-14(8-6-13)10-4-2-3-9(11)12-10/h2-4H,5-8H2,1H3/i1D3,5D2,6D2,7D2,8D2. The molecule has 0 amide bonds. The number of pyridine rings is 1. The molecule has 1 aliphatic heterocycles. The Bertz CT molecular complexity index is 646. The van der Waals surface area contributed by atoms with Gasteiger partial charge in [0.1, 0.15) is 10.4 Å². The SMILES string of the molecule is [2H]C([2H])([2H])N1C([2H])([2H])C([2H])([2H])N(c2cccc(Br)n2)C([2H])([2H])C1([2H])[2H]. The minimum atomic E-state index is -3.43. The number of piperazine rings is 1. The van der Waals surface area contributed by atoms with Crippen molar-refractivity contribution in [3.05, 3.63) is 22.8 Å². The van der Waals surface area contributed by atoms with Crippen molar-refractivity contribution in [2.75, 3.05) is 37.9 Å². The summed E-state index contributed by atoms with van der Waals surface area (Å²) in [5.41, 5.74) is 0. The number of hydrogen-bond acceptors (Lipinski definition) is 3. The van der Waals surface area contributed by atoms with Crippen LogP contribution in [0.2, 0.25) is 0 Å². The number of aromatic nitrogens is 1. The zero-order valence-corrected chi connectivity index (χ0v) is 8.54. The van der Waals surface area contributed by atoms with E-state index in [2.05, 4.69) is 20.9 Å². The molecule has 1 fully saturated rings. The normalized spacial score (nSPS) is 45.5. The minimum Gasteiger partial charge on any atom is -0.354 e. The van der Waals surface area contributed by atoms with Crippen LogP contribution in [0.4, 0.5) is 5.82 Å². The number of hydrogen-bond donors (Lipinski definition) is 0. The molecule has 0 aromatic carbocycles. The molecular formula is C10H14BrN3. The van der Waals surface area contributed by atoms with Gasteiger partial charge < -0.3 is 9.80 Å². The lowest BCUT2D eigenvalue weighted by Crippen LogP contribution is -2.44. The van der Waals surface area contributed by atoms with E-state index in [1.807, 2.05) is 0 Å². The second-order valence-corrected chi connectivity index (χ2v) is 3.25. The molecule has 2 heterocycles. The molecule has 0 bridgehead atoms. The third-order valence-corrected chi connectivity index (χ3v) is 1.92. The molecule has 0 spiro atoms. The molecule has 0 unspecified atom stereocenters. The molecule has 0 N–H and O–H groups in total. The van der Waals surface area contributed by atoms with Gasteiger partial charge in [-0.25, -0.2) is 4.98 Å². The van der Waals surface area contributed by atoms with E-state index >= 15 is 0 Å². The van der Waals surface area contributed by atoms with Gasteiger partial charge in [0.15, 0.2) is 0 Å². The first-order valence-corrected chi connectivity index (χ1v) is 4.51. The van der Waals surface area contributed by atoms with Crippen molar-refractivity contribution in [3.8, 4) is 0 Å².